The fourth-order valence-electron chi connectivity index (χ4n) is 2.41. The molecule has 0 unspecified atom stereocenters. The Labute approximate surface area is 147 Å². The molecule has 2 aromatic carbocycles. The average molecular weight is 349 g/mol. The summed E-state index contributed by atoms with van der Waals surface area (Å²) >= 11 is 5.71. The molecule has 5 heteroatoms. The maximum Gasteiger partial charge on any atom is 0.319 e. The molecule has 2 rings (SSSR count). The van der Waals surface area contributed by atoms with Crippen LogP contribution < -0.4 is 10.6 Å². The lowest BCUT2D eigenvalue weighted by atomic mass is 10.0. The highest BCUT2D eigenvalue weighted by Gasteiger charge is 2.07. The number of nitrogens with one attached hydrogen (secondary N) is 2. The first-order chi connectivity index (χ1) is 11.5. The van der Waals surface area contributed by atoms with E-state index < -0.39 is 5.82 Å². The van der Waals surface area contributed by atoms with Crippen LogP contribution in [-0.4, -0.2) is 6.03 Å². The molecule has 0 bridgehead atoms. The molecule has 0 heterocycles. The number of hydrogen-bond acceptors (Lipinski definition) is 1. The van der Waals surface area contributed by atoms with Gasteiger partial charge in [0.15, 0.2) is 0 Å². The first kappa shape index (κ1) is 18.3. The van der Waals surface area contributed by atoms with Crippen LogP contribution in [0.3, 0.4) is 0 Å². The van der Waals surface area contributed by atoms with Crippen molar-refractivity contribution < 1.29 is 9.18 Å². The quantitative estimate of drug-likeness (QED) is 0.715. The average Bonchev–Trinajstić information content (AvgIpc) is 2.54. The minimum absolute atomic E-state index is 0.0997. The van der Waals surface area contributed by atoms with Crippen molar-refractivity contribution in [2.45, 2.75) is 39.7 Å². The summed E-state index contributed by atoms with van der Waals surface area (Å²) in [5, 5.41) is 5.78. The lowest BCUT2D eigenvalue weighted by Crippen LogP contribution is -2.28. The highest BCUT2D eigenvalue weighted by molar-refractivity contribution is 6.30. The molecule has 0 aromatic heterocycles. The van der Waals surface area contributed by atoms with Crippen LogP contribution in [0.25, 0.3) is 0 Å². The molecule has 2 amide bonds. The van der Waals surface area contributed by atoms with Gasteiger partial charge in [-0.15, -0.1) is 0 Å². The topological polar surface area (TPSA) is 41.1 Å². The van der Waals surface area contributed by atoms with E-state index in [4.69, 9.17) is 11.6 Å². The summed E-state index contributed by atoms with van der Waals surface area (Å²) in [6.45, 7) is 4.23. The minimum Gasteiger partial charge on any atom is -0.334 e. The third-order valence-corrected chi connectivity index (χ3v) is 4.05. The summed E-state index contributed by atoms with van der Waals surface area (Å²) in [7, 11) is 0. The van der Waals surface area contributed by atoms with Crippen LogP contribution in [0.2, 0.25) is 5.02 Å². The third-order valence-electron chi connectivity index (χ3n) is 3.81. The van der Waals surface area contributed by atoms with Crippen molar-refractivity contribution in [2.24, 2.45) is 0 Å². The molecule has 0 aliphatic carbocycles. The predicted molar refractivity (Wildman–Crippen MR) is 97.1 cm³/mol. The van der Waals surface area contributed by atoms with Gasteiger partial charge < -0.3 is 10.6 Å². The number of carbonyl (C=O) groups is 1. The molecule has 0 aliphatic rings. The third kappa shape index (κ3) is 5.24. The second kappa shape index (κ2) is 8.69. The number of hydrogen-bond donors (Lipinski definition) is 2. The van der Waals surface area contributed by atoms with Gasteiger partial charge in [-0.1, -0.05) is 43.1 Å². The largest absolute Gasteiger partial charge is 0.334 e. The van der Waals surface area contributed by atoms with Crippen LogP contribution in [0, 0.1) is 12.7 Å². The van der Waals surface area contributed by atoms with E-state index in [0.717, 1.165) is 30.5 Å². The van der Waals surface area contributed by atoms with Crippen molar-refractivity contribution in [3.8, 4) is 0 Å². The van der Waals surface area contributed by atoms with Gasteiger partial charge in [-0.2, -0.15) is 0 Å². The first-order valence-electron chi connectivity index (χ1n) is 8.08. The summed E-state index contributed by atoms with van der Waals surface area (Å²) < 4.78 is 13.7. The smallest absolute Gasteiger partial charge is 0.319 e. The molecular weight excluding hydrogens is 327 g/mol. The van der Waals surface area contributed by atoms with Gasteiger partial charge in [0.2, 0.25) is 0 Å². The van der Waals surface area contributed by atoms with Crippen LogP contribution in [-0.2, 0) is 13.0 Å². The number of aryl methyl sites for hydroxylation is 2. The summed E-state index contributed by atoms with van der Waals surface area (Å²) in [5.41, 5.74) is 3.42. The van der Waals surface area contributed by atoms with Crippen molar-refractivity contribution >= 4 is 23.3 Å². The van der Waals surface area contributed by atoms with E-state index in [0.29, 0.717) is 10.6 Å². The Morgan fingerprint density at radius 2 is 2.00 bits per heavy atom. The van der Waals surface area contributed by atoms with Gasteiger partial charge in [-0.05, 0) is 49.1 Å². The van der Waals surface area contributed by atoms with Crippen LogP contribution >= 0.6 is 11.6 Å². The van der Waals surface area contributed by atoms with Crippen molar-refractivity contribution in [1.82, 2.24) is 5.32 Å². The number of anilines is 1. The molecule has 0 spiro atoms. The zero-order valence-electron chi connectivity index (χ0n) is 14.0. The van der Waals surface area contributed by atoms with Crippen LogP contribution in [0.15, 0.2) is 36.4 Å². The fourth-order valence-corrected chi connectivity index (χ4v) is 2.57. The van der Waals surface area contributed by atoms with Crippen LogP contribution in [0.1, 0.15) is 36.5 Å². The molecule has 0 fully saturated rings. The number of unbranched alkanes of at least 4 members (excludes halogenated alkanes) is 1. The molecule has 24 heavy (non-hydrogen) atoms. The zero-order chi connectivity index (χ0) is 17.5. The highest BCUT2D eigenvalue weighted by Crippen LogP contribution is 2.18. The molecule has 0 atom stereocenters. The summed E-state index contributed by atoms with van der Waals surface area (Å²) in [6.07, 6.45) is 3.35. The van der Waals surface area contributed by atoms with Gasteiger partial charge >= 0.3 is 6.03 Å². The number of rotatable bonds is 6. The van der Waals surface area contributed by atoms with Gasteiger partial charge in [0.25, 0.3) is 0 Å². The Kier molecular flexibility index (Phi) is 6.62. The molecule has 0 saturated carbocycles. The van der Waals surface area contributed by atoms with E-state index in [1.165, 1.54) is 11.6 Å². The molecule has 0 aliphatic heterocycles. The molecule has 128 valence electrons. The Balaban J connectivity index is 1.92. The molecule has 0 radical (unpaired) electrons. The van der Waals surface area contributed by atoms with Gasteiger partial charge in [0, 0.05) is 22.8 Å². The monoisotopic (exact) mass is 348 g/mol. The Morgan fingerprint density at radius 3 is 2.67 bits per heavy atom. The van der Waals surface area contributed by atoms with Gasteiger partial charge in [0.1, 0.15) is 5.82 Å². The summed E-state index contributed by atoms with van der Waals surface area (Å²) in [5.74, 6) is -0.431. The van der Waals surface area contributed by atoms with E-state index in [9.17, 15) is 9.18 Å². The summed E-state index contributed by atoms with van der Waals surface area (Å²) in [4.78, 5) is 12.0. The lowest BCUT2D eigenvalue weighted by Gasteiger charge is -2.12. The van der Waals surface area contributed by atoms with E-state index in [-0.39, 0.29) is 12.6 Å². The van der Waals surface area contributed by atoms with E-state index >= 15 is 0 Å². The normalized spacial score (nSPS) is 10.5. The Morgan fingerprint density at radius 1 is 1.21 bits per heavy atom. The number of benzene rings is 2. The lowest BCUT2D eigenvalue weighted by molar-refractivity contribution is 0.251. The van der Waals surface area contributed by atoms with Crippen LogP contribution in [0.5, 0.6) is 0 Å². The molecule has 2 N–H and O–H groups in total. The molecule has 3 nitrogen and oxygen atoms in total. The number of halogens is 2. The van der Waals surface area contributed by atoms with E-state index in [1.54, 1.807) is 12.1 Å². The van der Waals surface area contributed by atoms with Gasteiger partial charge in [0.05, 0.1) is 0 Å². The Hall–Kier alpha value is -2.07. The minimum atomic E-state index is -0.431. The molecular formula is C19H22ClFN2O. The predicted octanol–water partition coefficient (Wildman–Crippen LogP) is 5.45. The maximum atomic E-state index is 13.7. The second-order valence-electron chi connectivity index (χ2n) is 5.80. The van der Waals surface area contributed by atoms with Gasteiger partial charge in [-0.25, -0.2) is 9.18 Å². The molecule has 2 aromatic rings. The maximum absolute atomic E-state index is 13.7. The van der Waals surface area contributed by atoms with E-state index in [1.807, 2.05) is 19.1 Å². The zero-order valence-corrected chi connectivity index (χ0v) is 14.7. The van der Waals surface area contributed by atoms with Crippen molar-refractivity contribution in [3.05, 3.63) is 63.9 Å². The fraction of sp³-hybridized carbons (Fsp3) is 0.316. The highest BCUT2D eigenvalue weighted by atomic mass is 35.5. The van der Waals surface area contributed by atoms with Crippen molar-refractivity contribution in [3.63, 3.8) is 0 Å². The number of amides is 2. The van der Waals surface area contributed by atoms with Gasteiger partial charge in [-0.3, -0.25) is 0 Å². The second-order valence-corrected chi connectivity index (χ2v) is 6.23. The molecule has 0 saturated heterocycles. The van der Waals surface area contributed by atoms with E-state index in [2.05, 4.69) is 23.6 Å². The SMILES string of the molecule is CCCCc1ccc(NC(=O)NCc2ccc(Cl)cc2F)c(C)c1. The standard InChI is InChI=1S/C19H22ClFN2O/c1-3-4-5-14-6-9-18(13(2)10-14)23-19(24)22-12-15-7-8-16(20)11-17(15)21/h6-11H,3-5,12H2,1-2H3,(H2,22,23,24). The number of urea groups is 1. The summed E-state index contributed by atoms with van der Waals surface area (Å²) in [6, 6.07) is 10.0. The Bertz CT molecular complexity index is 719. The van der Waals surface area contributed by atoms with Crippen LogP contribution in [0.4, 0.5) is 14.9 Å². The number of carbonyl (C=O) groups excluding carboxylic acids is 1. The van der Waals surface area contributed by atoms with Crippen molar-refractivity contribution in [1.29, 1.82) is 0 Å². The van der Waals surface area contributed by atoms with Crippen molar-refractivity contribution in [2.75, 3.05) is 5.32 Å². The first-order valence-corrected chi connectivity index (χ1v) is 8.45.